The van der Waals surface area contributed by atoms with Gasteiger partial charge in [0, 0.05) is 11.5 Å². The number of ether oxygens (including phenoxy) is 3. The standard InChI is InChI=1S/C28H38O9/c1-26-7-5-19-20(28(26,34)9-6-18(26)15-10-22(31)35-12-15)3-2-16-11-17(4-8-27(16,19)14-29)37-25-24(33)23(32)21(30)13-36-25/h10-11,14,17-21,23-25,30,32-34H,2-9,12-13H2,1H3/t17-,18+,19-,20+,21-,23-,24+,25-,26+,27+,28-/m0/s1. The van der Waals surface area contributed by atoms with Crippen LogP contribution in [-0.4, -0.2) is 82.2 Å². The Hall–Kier alpha value is -1.62. The Bertz CT molecular complexity index is 1020. The maximum atomic E-state index is 12.8. The summed E-state index contributed by atoms with van der Waals surface area (Å²) in [6.45, 7) is 2.35. The fraction of sp³-hybridized carbons (Fsp3) is 0.786. The smallest absolute Gasteiger partial charge is 0.331 e. The van der Waals surface area contributed by atoms with Crippen molar-refractivity contribution >= 4 is 12.3 Å². The zero-order valence-corrected chi connectivity index (χ0v) is 21.3. The molecular formula is C28H38O9. The van der Waals surface area contributed by atoms with E-state index < -0.39 is 35.6 Å². The van der Waals surface area contributed by atoms with Gasteiger partial charge in [-0.25, -0.2) is 4.79 Å². The number of fused-ring (bicyclic) bond motifs is 5. The zero-order chi connectivity index (χ0) is 26.2. The van der Waals surface area contributed by atoms with Crippen LogP contribution in [0.5, 0.6) is 0 Å². The summed E-state index contributed by atoms with van der Waals surface area (Å²) in [5.41, 5.74) is 0.111. The molecule has 6 rings (SSSR count). The third-order valence-corrected chi connectivity index (χ3v) is 11.0. The Morgan fingerprint density at radius 2 is 1.86 bits per heavy atom. The van der Waals surface area contributed by atoms with Gasteiger partial charge in [-0.15, -0.1) is 0 Å². The van der Waals surface area contributed by atoms with E-state index in [1.807, 2.05) is 6.08 Å². The Balaban J connectivity index is 1.23. The summed E-state index contributed by atoms with van der Waals surface area (Å²) in [6.07, 6.45) is 5.12. The van der Waals surface area contributed by atoms with E-state index in [0.717, 1.165) is 43.1 Å². The number of hydrogen-bond donors (Lipinski definition) is 4. The largest absolute Gasteiger partial charge is 0.458 e. The zero-order valence-electron chi connectivity index (χ0n) is 21.3. The van der Waals surface area contributed by atoms with Gasteiger partial charge in [0.1, 0.15) is 31.2 Å². The highest BCUT2D eigenvalue weighted by Gasteiger charge is 2.68. The minimum Gasteiger partial charge on any atom is -0.458 e. The van der Waals surface area contributed by atoms with E-state index in [1.165, 1.54) is 0 Å². The van der Waals surface area contributed by atoms with Crippen LogP contribution in [0.3, 0.4) is 0 Å². The number of carbonyl (C=O) groups excluding carboxylic acids is 2. The molecule has 2 heterocycles. The minimum atomic E-state index is -1.35. The number of hydrogen-bond acceptors (Lipinski definition) is 9. The molecule has 4 fully saturated rings. The molecule has 9 nitrogen and oxygen atoms in total. The number of aliphatic hydroxyl groups excluding tert-OH is 3. The maximum absolute atomic E-state index is 12.8. The van der Waals surface area contributed by atoms with Crippen LogP contribution in [0.1, 0.15) is 58.3 Å². The Morgan fingerprint density at radius 1 is 1.05 bits per heavy atom. The summed E-state index contributed by atoms with van der Waals surface area (Å²) in [7, 11) is 0. The van der Waals surface area contributed by atoms with E-state index in [-0.39, 0.29) is 41.8 Å². The van der Waals surface area contributed by atoms with Crippen molar-refractivity contribution in [2.45, 2.75) is 94.6 Å². The molecule has 0 aromatic rings. The summed E-state index contributed by atoms with van der Waals surface area (Å²) in [5, 5.41) is 42.3. The average molecular weight is 519 g/mol. The Kier molecular flexibility index (Phi) is 6.21. The number of rotatable bonds is 4. The fourth-order valence-corrected chi connectivity index (χ4v) is 8.96. The van der Waals surface area contributed by atoms with Gasteiger partial charge in [-0.1, -0.05) is 18.6 Å². The number of carbonyl (C=O) groups is 2. The molecule has 11 atom stereocenters. The summed E-state index contributed by atoms with van der Waals surface area (Å²) in [4.78, 5) is 24.6. The lowest BCUT2D eigenvalue weighted by molar-refractivity contribution is -0.279. The molecule has 0 unspecified atom stereocenters. The first-order chi connectivity index (χ1) is 17.6. The Labute approximate surface area is 216 Å². The third kappa shape index (κ3) is 3.65. The van der Waals surface area contributed by atoms with Crippen LogP contribution >= 0.6 is 0 Å². The summed E-state index contributed by atoms with van der Waals surface area (Å²) in [5.74, 6) is -0.165. The van der Waals surface area contributed by atoms with Gasteiger partial charge in [-0.3, -0.25) is 0 Å². The molecule has 6 aliphatic rings. The molecule has 2 aliphatic heterocycles. The topological polar surface area (TPSA) is 143 Å². The van der Waals surface area contributed by atoms with Gasteiger partial charge >= 0.3 is 5.97 Å². The predicted molar refractivity (Wildman–Crippen MR) is 129 cm³/mol. The third-order valence-electron chi connectivity index (χ3n) is 11.0. The molecule has 3 saturated carbocycles. The van der Waals surface area contributed by atoms with Crippen LogP contribution < -0.4 is 0 Å². The molecular weight excluding hydrogens is 480 g/mol. The van der Waals surface area contributed by atoms with E-state index >= 15 is 0 Å². The number of esters is 1. The first-order valence-electron chi connectivity index (χ1n) is 13.7. The molecule has 0 amide bonds. The van der Waals surface area contributed by atoms with E-state index in [2.05, 4.69) is 6.92 Å². The Morgan fingerprint density at radius 3 is 2.59 bits per heavy atom. The van der Waals surface area contributed by atoms with Crippen LogP contribution in [0.2, 0.25) is 0 Å². The highest BCUT2D eigenvalue weighted by atomic mass is 16.7. The number of cyclic esters (lactones) is 1. The van der Waals surface area contributed by atoms with Crippen LogP contribution in [0.15, 0.2) is 23.3 Å². The van der Waals surface area contributed by atoms with Gasteiger partial charge in [0.15, 0.2) is 6.29 Å². The number of aldehydes is 1. The summed E-state index contributed by atoms with van der Waals surface area (Å²) < 4.78 is 16.6. The molecule has 204 valence electrons. The number of aliphatic hydroxyl groups is 4. The van der Waals surface area contributed by atoms with Crippen molar-refractivity contribution in [1.29, 1.82) is 0 Å². The first kappa shape index (κ1) is 25.6. The molecule has 4 aliphatic carbocycles. The molecule has 0 spiro atoms. The second-order valence-electron chi connectivity index (χ2n) is 12.4. The number of allylic oxidation sites excluding steroid dienone is 1. The van der Waals surface area contributed by atoms with Crippen LogP contribution in [0.4, 0.5) is 0 Å². The van der Waals surface area contributed by atoms with Gasteiger partial charge in [0.25, 0.3) is 0 Å². The predicted octanol–water partition coefficient (Wildman–Crippen LogP) is 1.17. The van der Waals surface area contributed by atoms with Crippen molar-refractivity contribution in [3.8, 4) is 0 Å². The lowest BCUT2D eigenvalue weighted by Gasteiger charge is -2.61. The van der Waals surface area contributed by atoms with Crippen molar-refractivity contribution in [3.63, 3.8) is 0 Å². The molecule has 0 bridgehead atoms. The highest BCUT2D eigenvalue weighted by molar-refractivity contribution is 5.85. The lowest BCUT2D eigenvalue weighted by atomic mass is 9.45. The van der Waals surface area contributed by atoms with Crippen molar-refractivity contribution in [1.82, 2.24) is 0 Å². The van der Waals surface area contributed by atoms with E-state index in [0.29, 0.717) is 32.3 Å². The molecule has 9 heteroatoms. The molecule has 0 aromatic carbocycles. The van der Waals surface area contributed by atoms with Crippen LogP contribution in [-0.2, 0) is 23.8 Å². The normalized spacial score (nSPS) is 51.3. The van der Waals surface area contributed by atoms with Gasteiger partial charge in [0.05, 0.1) is 23.7 Å². The van der Waals surface area contributed by atoms with E-state index in [9.17, 15) is 30.0 Å². The van der Waals surface area contributed by atoms with Crippen LogP contribution in [0, 0.1) is 28.6 Å². The SMILES string of the molecule is C[C@]12CC[C@H]3[C@@H](CCC4=C[C@@H](O[C@@H]5OC[C@H](O)[C@H](O)[C@H]5O)CC[C@@]43C=O)[C@@]1(O)CC[C@@H]2C1=CC(=O)OC1. The van der Waals surface area contributed by atoms with Gasteiger partial charge in [-0.05, 0) is 74.7 Å². The molecule has 37 heavy (non-hydrogen) atoms. The monoisotopic (exact) mass is 518 g/mol. The summed E-state index contributed by atoms with van der Waals surface area (Å²) in [6, 6.07) is 0. The lowest BCUT2D eigenvalue weighted by Crippen LogP contribution is -2.61. The highest BCUT2D eigenvalue weighted by Crippen LogP contribution is 2.69. The molecule has 4 N–H and O–H groups in total. The van der Waals surface area contributed by atoms with Crippen molar-refractivity contribution in [2.24, 2.45) is 28.6 Å². The van der Waals surface area contributed by atoms with E-state index in [4.69, 9.17) is 14.2 Å². The average Bonchev–Trinajstić information content (AvgIpc) is 3.43. The quantitative estimate of drug-likeness (QED) is 0.245. The minimum absolute atomic E-state index is 0.00479. The van der Waals surface area contributed by atoms with Crippen molar-refractivity contribution < 1.29 is 44.2 Å². The second-order valence-corrected chi connectivity index (χ2v) is 12.4. The first-order valence-corrected chi connectivity index (χ1v) is 13.7. The molecule has 1 saturated heterocycles. The van der Waals surface area contributed by atoms with Gasteiger partial charge in [0.2, 0.25) is 0 Å². The van der Waals surface area contributed by atoms with Crippen molar-refractivity contribution in [2.75, 3.05) is 13.2 Å². The molecule has 0 radical (unpaired) electrons. The van der Waals surface area contributed by atoms with E-state index in [1.54, 1.807) is 6.08 Å². The fourth-order valence-electron chi connectivity index (χ4n) is 8.96. The van der Waals surface area contributed by atoms with Crippen molar-refractivity contribution in [3.05, 3.63) is 23.3 Å². The molecule has 0 aromatic heterocycles. The van der Waals surface area contributed by atoms with Gasteiger partial charge in [-0.2, -0.15) is 0 Å². The maximum Gasteiger partial charge on any atom is 0.331 e. The van der Waals surface area contributed by atoms with Crippen LogP contribution in [0.25, 0.3) is 0 Å². The second kappa shape index (κ2) is 8.96. The summed E-state index contributed by atoms with van der Waals surface area (Å²) >= 11 is 0. The van der Waals surface area contributed by atoms with Gasteiger partial charge < -0.3 is 39.4 Å².